The summed E-state index contributed by atoms with van der Waals surface area (Å²) < 4.78 is 0. The van der Waals surface area contributed by atoms with Crippen LogP contribution in [0.3, 0.4) is 0 Å². The molecule has 1 aromatic heterocycles. The van der Waals surface area contributed by atoms with E-state index < -0.39 is 0 Å². The number of hydrogen-bond donors (Lipinski definition) is 2. The van der Waals surface area contributed by atoms with Crippen LogP contribution in [0.25, 0.3) is 10.9 Å². The lowest BCUT2D eigenvalue weighted by Gasteiger charge is -1.88. The van der Waals surface area contributed by atoms with Crippen molar-refractivity contribution in [2.45, 2.75) is 5.75 Å². The Morgan fingerprint density at radius 1 is 1.33 bits per heavy atom. The Hall–Kier alpha value is -0.600. The topological polar surface area (TPSA) is 15.8 Å². The zero-order valence-electron chi connectivity index (χ0n) is 6.34. The Morgan fingerprint density at radius 2 is 2.17 bits per heavy atom. The van der Waals surface area contributed by atoms with Gasteiger partial charge in [-0.25, -0.2) is 0 Å². The summed E-state index contributed by atoms with van der Waals surface area (Å²) in [4.78, 5) is 3.24. The van der Waals surface area contributed by atoms with Gasteiger partial charge in [0.1, 0.15) is 0 Å². The van der Waals surface area contributed by atoms with E-state index in [1.165, 1.54) is 0 Å². The molecule has 3 heteroatoms. The van der Waals surface area contributed by atoms with Gasteiger partial charge in [0, 0.05) is 27.4 Å². The molecule has 1 nitrogen and oxygen atoms in total. The first-order valence-electron chi connectivity index (χ1n) is 3.67. The first kappa shape index (κ1) is 8.02. The van der Waals surface area contributed by atoms with Crippen molar-refractivity contribution in [3.8, 4) is 0 Å². The van der Waals surface area contributed by atoms with E-state index in [-0.39, 0.29) is 0 Å². The maximum atomic E-state index is 5.84. The minimum absolute atomic E-state index is 0.728. The van der Waals surface area contributed by atoms with E-state index in [4.69, 9.17) is 11.6 Å². The Labute approximate surface area is 81.1 Å². The number of aromatic amines is 1. The van der Waals surface area contributed by atoms with Crippen molar-refractivity contribution in [2.75, 3.05) is 0 Å². The summed E-state index contributed by atoms with van der Waals surface area (Å²) in [6.45, 7) is 0. The molecule has 0 unspecified atom stereocenters. The standard InChI is InChI=1S/C9H8ClNS/c10-7-1-2-9-6(3-7)4-8(5-12)11-9/h1-4,11-12H,5H2. The van der Waals surface area contributed by atoms with Gasteiger partial charge in [-0.15, -0.1) is 0 Å². The van der Waals surface area contributed by atoms with Crippen LogP contribution in [-0.4, -0.2) is 4.98 Å². The van der Waals surface area contributed by atoms with Gasteiger partial charge in [0.2, 0.25) is 0 Å². The Balaban J connectivity index is 2.67. The average molecular weight is 198 g/mol. The Kier molecular flexibility index (Phi) is 2.03. The third kappa shape index (κ3) is 1.32. The molecule has 1 aromatic carbocycles. The largest absolute Gasteiger partial charge is 0.358 e. The fourth-order valence-corrected chi connectivity index (χ4v) is 1.60. The van der Waals surface area contributed by atoms with Gasteiger partial charge >= 0.3 is 0 Å². The molecule has 12 heavy (non-hydrogen) atoms. The molecule has 2 aromatic rings. The molecule has 0 aliphatic heterocycles. The zero-order valence-corrected chi connectivity index (χ0v) is 7.99. The predicted molar refractivity (Wildman–Crippen MR) is 56.0 cm³/mol. The minimum Gasteiger partial charge on any atom is -0.358 e. The third-order valence-corrected chi connectivity index (χ3v) is 2.38. The molecule has 0 aliphatic carbocycles. The molecule has 0 aliphatic rings. The van der Waals surface area contributed by atoms with Gasteiger partial charge < -0.3 is 4.98 Å². The summed E-state index contributed by atoms with van der Waals surface area (Å²) in [5, 5.41) is 1.92. The third-order valence-electron chi connectivity index (χ3n) is 1.81. The van der Waals surface area contributed by atoms with Gasteiger partial charge in [-0.05, 0) is 24.3 Å². The van der Waals surface area contributed by atoms with Gasteiger partial charge in [-0.1, -0.05) is 11.6 Å². The minimum atomic E-state index is 0.728. The van der Waals surface area contributed by atoms with Crippen LogP contribution in [0, 0.1) is 0 Å². The zero-order chi connectivity index (χ0) is 8.55. The van der Waals surface area contributed by atoms with Crippen molar-refractivity contribution in [3.05, 3.63) is 35.0 Å². The number of benzene rings is 1. The summed E-state index contributed by atoms with van der Waals surface area (Å²) >= 11 is 10.0. The second kappa shape index (κ2) is 3.04. The normalized spacial score (nSPS) is 10.8. The SMILES string of the molecule is SCc1cc2cc(Cl)ccc2[nH]1. The quantitative estimate of drug-likeness (QED) is 0.653. The van der Waals surface area contributed by atoms with E-state index in [1.54, 1.807) is 0 Å². The maximum absolute atomic E-state index is 5.84. The number of thiol groups is 1. The van der Waals surface area contributed by atoms with Crippen LogP contribution >= 0.6 is 24.2 Å². The van der Waals surface area contributed by atoms with E-state index >= 15 is 0 Å². The lowest BCUT2D eigenvalue weighted by molar-refractivity contribution is 1.27. The van der Waals surface area contributed by atoms with E-state index in [2.05, 4.69) is 23.7 Å². The monoisotopic (exact) mass is 197 g/mol. The molecule has 0 radical (unpaired) electrons. The van der Waals surface area contributed by atoms with E-state index in [0.29, 0.717) is 0 Å². The van der Waals surface area contributed by atoms with Crippen molar-refractivity contribution in [2.24, 2.45) is 0 Å². The number of H-pyrrole nitrogens is 1. The highest BCUT2D eigenvalue weighted by Crippen LogP contribution is 2.20. The summed E-state index contributed by atoms with van der Waals surface area (Å²) in [6.07, 6.45) is 0. The first-order valence-corrected chi connectivity index (χ1v) is 4.68. The maximum Gasteiger partial charge on any atom is 0.0457 e. The fraction of sp³-hybridized carbons (Fsp3) is 0.111. The highest BCUT2D eigenvalue weighted by atomic mass is 35.5. The molecule has 0 bridgehead atoms. The highest BCUT2D eigenvalue weighted by molar-refractivity contribution is 7.79. The number of halogens is 1. The van der Waals surface area contributed by atoms with Gasteiger partial charge in [0.05, 0.1) is 0 Å². The van der Waals surface area contributed by atoms with Crippen molar-refractivity contribution < 1.29 is 0 Å². The summed E-state index contributed by atoms with van der Waals surface area (Å²) in [6, 6.07) is 7.86. The first-order chi connectivity index (χ1) is 5.79. The molecular formula is C9H8ClNS. The smallest absolute Gasteiger partial charge is 0.0457 e. The molecule has 1 N–H and O–H groups in total. The number of fused-ring (bicyclic) bond motifs is 1. The summed E-state index contributed by atoms with van der Waals surface area (Å²) in [5.74, 6) is 0.728. The summed E-state index contributed by atoms with van der Waals surface area (Å²) in [7, 11) is 0. The molecule has 2 rings (SSSR count). The molecule has 0 spiro atoms. The van der Waals surface area contributed by atoms with Crippen molar-refractivity contribution >= 4 is 35.1 Å². The van der Waals surface area contributed by atoms with Crippen LogP contribution in [0.4, 0.5) is 0 Å². The van der Waals surface area contributed by atoms with E-state index in [1.807, 2.05) is 18.2 Å². The van der Waals surface area contributed by atoms with E-state index in [0.717, 1.165) is 27.4 Å². The fourth-order valence-electron chi connectivity index (χ4n) is 1.25. The molecule has 0 atom stereocenters. The number of hydrogen-bond acceptors (Lipinski definition) is 1. The number of nitrogens with one attached hydrogen (secondary N) is 1. The van der Waals surface area contributed by atoms with Crippen molar-refractivity contribution in [3.63, 3.8) is 0 Å². The summed E-state index contributed by atoms with van der Waals surface area (Å²) in [5.41, 5.74) is 2.24. The number of rotatable bonds is 1. The van der Waals surface area contributed by atoms with Crippen LogP contribution < -0.4 is 0 Å². The van der Waals surface area contributed by atoms with Gasteiger partial charge in [-0.2, -0.15) is 12.6 Å². The average Bonchev–Trinajstić information content (AvgIpc) is 2.46. The predicted octanol–water partition coefficient (Wildman–Crippen LogP) is 3.25. The molecular weight excluding hydrogens is 190 g/mol. The molecule has 0 fully saturated rings. The van der Waals surface area contributed by atoms with E-state index in [9.17, 15) is 0 Å². The molecule has 62 valence electrons. The van der Waals surface area contributed by atoms with Gasteiger partial charge in [0.25, 0.3) is 0 Å². The van der Waals surface area contributed by atoms with Crippen LogP contribution in [0.1, 0.15) is 5.69 Å². The van der Waals surface area contributed by atoms with Crippen LogP contribution in [0.5, 0.6) is 0 Å². The molecule has 0 amide bonds. The second-order valence-corrected chi connectivity index (χ2v) is 3.44. The van der Waals surface area contributed by atoms with Crippen molar-refractivity contribution in [1.82, 2.24) is 4.98 Å². The lowest BCUT2D eigenvalue weighted by Crippen LogP contribution is -1.72. The van der Waals surface area contributed by atoms with Crippen LogP contribution in [0.15, 0.2) is 24.3 Å². The molecule has 1 heterocycles. The number of aromatic nitrogens is 1. The highest BCUT2D eigenvalue weighted by Gasteiger charge is 1.98. The Bertz CT molecular complexity index is 408. The lowest BCUT2D eigenvalue weighted by atomic mass is 10.2. The Morgan fingerprint density at radius 3 is 2.92 bits per heavy atom. The van der Waals surface area contributed by atoms with Crippen LogP contribution in [0.2, 0.25) is 5.02 Å². The van der Waals surface area contributed by atoms with Gasteiger partial charge in [-0.3, -0.25) is 0 Å². The van der Waals surface area contributed by atoms with Crippen LogP contribution in [-0.2, 0) is 5.75 Å². The molecule has 0 saturated carbocycles. The van der Waals surface area contributed by atoms with Gasteiger partial charge in [0.15, 0.2) is 0 Å². The molecule has 0 saturated heterocycles. The van der Waals surface area contributed by atoms with Crippen molar-refractivity contribution in [1.29, 1.82) is 0 Å². The second-order valence-electron chi connectivity index (χ2n) is 2.68.